The third-order valence-electron chi connectivity index (χ3n) is 4.19. The van der Waals surface area contributed by atoms with Crippen LogP contribution in [0.15, 0.2) is 54.6 Å². The molecule has 1 atom stereocenters. The van der Waals surface area contributed by atoms with E-state index >= 15 is 0 Å². The summed E-state index contributed by atoms with van der Waals surface area (Å²) >= 11 is 0. The predicted octanol–water partition coefficient (Wildman–Crippen LogP) is 2.53. The first-order valence-corrected chi connectivity index (χ1v) is 9.40. The van der Waals surface area contributed by atoms with E-state index in [0.717, 1.165) is 6.08 Å². The summed E-state index contributed by atoms with van der Waals surface area (Å²) in [7, 11) is 0. The minimum atomic E-state index is -0.755. The highest BCUT2D eigenvalue weighted by atomic mass is 16.7. The molecule has 0 spiro atoms. The first-order valence-electron chi connectivity index (χ1n) is 9.40. The Hall–Kier alpha value is -3.76. The lowest BCUT2D eigenvalue weighted by Gasteiger charge is -2.18. The zero-order valence-corrected chi connectivity index (χ0v) is 16.4. The van der Waals surface area contributed by atoms with E-state index in [1.807, 2.05) is 0 Å². The van der Waals surface area contributed by atoms with Gasteiger partial charge in [-0.3, -0.25) is 15.3 Å². The number of carbonyl (C=O) groups is 2. The van der Waals surface area contributed by atoms with Gasteiger partial charge in [0.2, 0.25) is 6.79 Å². The summed E-state index contributed by atoms with van der Waals surface area (Å²) in [4.78, 5) is 23.7. The number of ether oxygens (including phenoxy) is 4. The van der Waals surface area contributed by atoms with Crippen molar-refractivity contribution >= 4 is 17.7 Å². The molecule has 0 saturated carbocycles. The van der Waals surface area contributed by atoms with Gasteiger partial charge in [0.05, 0.1) is 6.61 Å². The highest BCUT2D eigenvalue weighted by Crippen LogP contribution is 2.34. The highest BCUT2D eigenvalue weighted by Gasteiger charge is 2.19. The molecule has 2 aromatic carbocycles. The number of aliphatic hydroxyl groups is 1. The molecular formula is C21H22N2O8. The lowest BCUT2D eigenvalue weighted by Crippen LogP contribution is -2.18. The lowest BCUT2D eigenvalue weighted by atomic mass is 10.1. The Morgan fingerprint density at radius 3 is 2.81 bits per heavy atom. The van der Waals surface area contributed by atoms with E-state index in [4.69, 9.17) is 29.3 Å². The molecule has 10 nitrogen and oxygen atoms in total. The van der Waals surface area contributed by atoms with Gasteiger partial charge in [0.25, 0.3) is 5.91 Å². The van der Waals surface area contributed by atoms with Gasteiger partial charge in [-0.15, -0.1) is 0 Å². The number of hydroxylamine groups is 1. The van der Waals surface area contributed by atoms with Crippen molar-refractivity contribution in [2.24, 2.45) is 0 Å². The van der Waals surface area contributed by atoms with Crippen molar-refractivity contribution in [1.82, 2.24) is 5.48 Å². The molecule has 0 unspecified atom stereocenters. The van der Waals surface area contributed by atoms with E-state index in [2.05, 4.69) is 5.32 Å². The van der Waals surface area contributed by atoms with Crippen LogP contribution in [0, 0.1) is 0 Å². The van der Waals surface area contributed by atoms with Gasteiger partial charge in [0.15, 0.2) is 11.5 Å². The van der Waals surface area contributed by atoms with Crippen LogP contribution in [0.25, 0.3) is 0 Å². The Morgan fingerprint density at radius 2 is 2.00 bits per heavy atom. The van der Waals surface area contributed by atoms with Crippen LogP contribution in [0.2, 0.25) is 0 Å². The van der Waals surface area contributed by atoms with Gasteiger partial charge in [-0.05, 0) is 29.8 Å². The fourth-order valence-electron chi connectivity index (χ4n) is 2.81. The average Bonchev–Trinajstić information content (AvgIpc) is 3.25. The largest absolute Gasteiger partial charge is 0.491 e. The molecule has 10 heteroatoms. The Kier molecular flexibility index (Phi) is 7.68. The van der Waals surface area contributed by atoms with Crippen molar-refractivity contribution in [1.29, 1.82) is 0 Å². The molecule has 2 aromatic rings. The molecule has 164 valence electrons. The maximum absolute atomic E-state index is 12.5. The van der Waals surface area contributed by atoms with Gasteiger partial charge < -0.3 is 24.1 Å². The minimum Gasteiger partial charge on any atom is -0.491 e. The maximum Gasteiger partial charge on any atom is 0.412 e. The standard InChI is InChI=1S/C21H22N2O8/c24-9-10-28-16-4-1-3-14(11-16)17(5-2-6-20(25)23-27)31-21(26)22-15-7-8-18-19(12-15)30-13-29-18/h1-4,6-8,11-12,17,24,27H,5,9-10,13H2,(H,22,26)(H,23,25)/b6-2+/t17-/m0/s1. The molecule has 2 amide bonds. The summed E-state index contributed by atoms with van der Waals surface area (Å²) in [5.41, 5.74) is 2.57. The monoisotopic (exact) mass is 430 g/mol. The zero-order valence-electron chi connectivity index (χ0n) is 16.4. The second kappa shape index (κ2) is 10.9. The summed E-state index contributed by atoms with van der Waals surface area (Å²) in [5.74, 6) is 0.891. The lowest BCUT2D eigenvalue weighted by molar-refractivity contribution is -0.124. The Morgan fingerprint density at radius 1 is 1.16 bits per heavy atom. The molecule has 0 aliphatic carbocycles. The second-order valence-corrected chi connectivity index (χ2v) is 6.35. The van der Waals surface area contributed by atoms with Crippen molar-refractivity contribution in [3.63, 3.8) is 0 Å². The van der Waals surface area contributed by atoms with Crippen molar-refractivity contribution in [3.05, 3.63) is 60.2 Å². The van der Waals surface area contributed by atoms with E-state index in [0.29, 0.717) is 28.5 Å². The van der Waals surface area contributed by atoms with Crippen molar-refractivity contribution in [3.8, 4) is 17.2 Å². The van der Waals surface area contributed by atoms with Crippen LogP contribution in [0.1, 0.15) is 18.1 Å². The van der Waals surface area contributed by atoms with Crippen LogP contribution >= 0.6 is 0 Å². The van der Waals surface area contributed by atoms with Crippen LogP contribution in [-0.4, -0.2) is 42.3 Å². The number of carbonyl (C=O) groups excluding carboxylic acids is 2. The normalized spacial score (nSPS) is 13.0. The average molecular weight is 430 g/mol. The van der Waals surface area contributed by atoms with Crippen LogP contribution in [0.3, 0.4) is 0 Å². The topological polar surface area (TPSA) is 136 Å². The SMILES string of the molecule is O=C(/C=C/C[C@H](OC(=O)Nc1ccc2c(c1)OCO2)c1cccc(OCCO)c1)NO. The van der Waals surface area contributed by atoms with Gasteiger partial charge in [-0.1, -0.05) is 18.2 Å². The van der Waals surface area contributed by atoms with E-state index < -0.39 is 18.1 Å². The summed E-state index contributed by atoms with van der Waals surface area (Å²) < 4.78 is 21.5. The molecule has 1 aliphatic rings. The fraction of sp³-hybridized carbons (Fsp3) is 0.238. The summed E-state index contributed by atoms with van der Waals surface area (Å²) in [6.45, 7) is 0.102. The number of benzene rings is 2. The molecule has 1 aliphatic heterocycles. The molecule has 0 radical (unpaired) electrons. The number of hydrogen-bond donors (Lipinski definition) is 4. The quantitative estimate of drug-likeness (QED) is 0.271. The van der Waals surface area contributed by atoms with Gasteiger partial charge in [-0.25, -0.2) is 10.3 Å². The van der Waals surface area contributed by atoms with Crippen LogP contribution in [-0.2, 0) is 9.53 Å². The van der Waals surface area contributed by atoms with Crippen molar-refractivity contribution in [2.45, 2.75) is 12.5 Å². The molecule has 0 fully saturated rings. The molecular weight excluding hydrogens is 408 g/mol. The number of nitrogens with one attached hydrogen (secondary N) is 2. The molecule has 0 bridgehead atoms. The maximum atomic E-state index is 12.5. The first kappa shape index (κ1) is 21.9. The van der Waals surface area contributed by atoms with Crippen LogP contribution in [0.4, 0.5) is 10.5 Å². The Balaban J connectivity index is 1.71. The summed E-state index contributed by atoms with van der Waals surface area (Å²) in [5, 5.41) is 20.2. The number of fused-ring (bicyclic) bond motifs is 1. The number of anilines is 1. The summed E-state index contributed by atoms with van der Waals surface area (Å²) in [6, 6.07) is 11.8. The van der Waals surface area contributed by atoms with Crippen molar-refractivity contribution < 1.29 is 38.9 Å². The summed E-state index contributed by atoms with van der Waals surface area (Å²) in [6.07, 6.45) is 1.27. The Labute approximate surface area is 177 Å². The first-order chi connectivity index (χ1) is 15.1. The third kappa shape index (κ3) is 6.36. The van der Waals surface area contributed by atoms with E-state index in [1.54, 1.807) is 42.5 Å². The smallest absolute Gasteiger partial charge is 0.412 e. The van der Waals surface area contributed by atoms with Gasteiger partial charge in [0, 0.05) is 24.3 Å². The van der Waals surface area contributed by atoms with E-state index in [9.17, 15) is 9.59 Å². The molecule has 31 heavy (non-hydrogen) atoms. The van der Waals surface area contributed by atoms with Gasteiger partial charge in [0.1, 0.15) is 18.5 Å². The highest BCUT2D eigenvalue weighted by molar-refractivity contribution is 5.86. The van der Waals surface area contributed by atoms with E-state index in [1.165, 1.54) is 11.6 Å². The number of amides is 2. The van der Waals surface area contributed by atoms with Crippen molar-refractivity contribution in [2.75, 3.05) is 25.3 Å². The van der Waals surface area contributed by atoms with Gasteiger partial charge >= 0.3 is 6.09 Å². The molecule has 0 aromatic heterocycles. The number of aliphatic hydroxyl groups excluding tert-OH is 1. The van der Waals surface area contributed by atoms with Crippen LogP contribution < -0.4 is 25.0 Å². The van der Waals surface area contributed by atoms with Crippen LogP contribution in [0.5, 0.6) is 17.2 Å². The van der Waals surface area contributed by atoms with E-state index in [-0.39, 0.29) is 26.4 Å². The predicted molar refractivity (Wildman–Crippen MR) is 108 cm³/mol. The second-order valence-electron chi connectivity index (χ2n) is 6.35. The third-order valence-corrected chi connectivity index (χ3v) is 4.19. The van der Waals surface area contributed by atoms with Gasteiger partial charge in [-0.2, -0.15) is 0 Å². The molecule has 3 rings (SSSR count). The zero-order chi connectivity index (χ0) is 22.1. The Bertz CT molecular complexity index is 947. The fourth-order valence-corrected chi connectivity index (χ4v) is 2.81. The minimum absolute atomic E-state index is 0.119. The molecule has 4 N–H and O–H groups in total. The molecule has 0 saturated heterocycles. The molecule has 1 heterocycles. The number of rotatable bonds is 9. The number of hydrogen-bond acceptors (Lipinski definition) is 8.